The monoisotopic (exact) mass is 512 g/mol. The highest BCUT2D eigenvalue weighted by atomic mass is 35.5. The van der Waals surface area contributed by atoms with Gasteiger partial charge in [0.25, 0.3) is 5.91 Å². The molecule has 3 rings (SSSR count). The Bertz CT molecular complexity index is 1200. The van der Waals surface area contributed by atoms with Crippen molar-refractivity contribution in [3.05, 3.63) is 98.5 Å². The smallest absolute Gasteiger partial charge is 0.261 e. The van der Waals surface area contributed by atoms with Gasteiger partial charge in [-0.1, -0.05) is 65.7 Å². The highest BCUT2D eigenvalue weighted by molar-refractivity contribution is 6.35. The van der Waals surface area contributed by atoms with E-state index in [4.69, 9.17) is 27.9 Å². The quantitative estimate of drug-likeness (QED) is 0.400. The second-order valence-electron chi connectivity index (χ2n) is 8.57. The molecule has 0 aliphatic heterocycles. The number of hydrogen-bond acceptors (Lipinski definition) is 3. The first-order valence-electron chi connectivity index (χ1n) is 11.4. The summed E-state index contributed by atoms with van der Waals surface area (Å²) in [4.78, 5) is 28.1. The Labute approximate surface area is 217 Å². The number of nitrogens with one attached hydrogen (secondary N) is 1. The molecule has 1 N–H and O–H groups in total. The molecule has 0 aromatic heterocycles. The van der Waals surface area contributed by atoms with Crippen molar-refractivity contribution in [2.45, 2.75) is 39.8 Å². The van der Waals surface area contributed by atoms with Crippen LogP contribution >= 0.6 is 23.2 Å². The van der Waals surface area contributed by atoms with E-state index in [1.165, 1.54) is 4.90 Å². The number of carbonyl (C=O) groups is 2. The van der Waals surface area contributed by atoms with Crippen LogP contribution < -0.4 is 10.1 Å². The zero-order valence-electron chi connectivity index (χ0n) is 20.4. The van der Waals surface area contributed by atoms with Crippen molar-refractivity contribution in [1.82, 2.24) is 10.2 Å². The molecule has 0 radical (unpaired) electrons. The maximum atomic E-state index is 13.6. The lowest BCUT2D eigenvalue weighted by molar-refractivity contribution is -0.142. The molecule has 184 valence electrons. The van der Waals surface area contributed by atoms with Crippen LogP contribution in [0.15, 0.2) is 60.7 Å². The molecule has 3 aromatic carbocycles. The Morgan fingerprint density at radius 2 is 1.71 bits per heavy atom. The van der Waals surface area contributed by atoms with Crippen LogP contribution in [0.2, 0.25) is 10.0 Å². The number of aryl methyl sites for hydroxylation is 2. The average Bonchev–Trinajstić information content (AvgIpc) is 2.83. The fourth-order valence-electron chi connectivity index (χ4n) is 3.93. The molecule has 5 nitrogen and oxygen atoms in total. The number of hydrogen-bond donors (Lipinski definition) is 1. The van der Waals surface area contributed by atoms with Gasteiger partial charge in [-0.2, -0.15) is 0 Å². The first-order valence-corrected chi connectivity index (χ1v) is 12.1. The van der Waals surface area contributed by atoms with Gasteiger partial charge in [0, 0.05) is 30.1 Å². The molecule has 0 heterocycles. The minimum absolute atomic E-state index is 0.134. The van der Waals surface area contributed by atoms with Gasteiger partial charge in [0.2, 0.25) is 5.91 Å². The fraction of sp³-hybridized carbons (Fsp3) is 0.286. The van der Waals surface area contributed by atoms with Gasteiger partial charge >= 0.3 is 0 Å². The highest BCUT2D eigenvalue weighted by Gasteiger charge is 2.30. The Morgan fingerprint density at radius 3 is 2.37 bits per heavy atom. The van der Waals surface area contributed by atoms with E-state index in [2.05, 4.69) is 11.4 Å². The third kappa shape index (κ3) is 7.00. The number of halogens is 2. The van der Waals surface area contributed by atoms with E-state index in [9.17, 15) is 9.59 Å². The van der Waals surface area contributed by atoms with Gasteiger partial charge in [-0.05, 0) is 66.8 Å². The number of rotatable bonds is 9. The van der Waals surface area contributed by atoms with Crippen LogP contribution in [0.4, 0.5) is 0 Å². The molecule has 1 atom stereocenters. The molecule has 3 aromatic rings. The van der Waals surface area contributed by atoms with Crippen molar-refractivity contribution >= 4 is 35.0 Å². The Kier molecular flexibility index (Phi) is 9.19. The lowest BCUT2D eigenvalue weighted by atomic mass is 10.0. The van der Waals surface area contributed by atoms with E-state index in [0.29, 0.717) is 27.8 Å². The van der Waals surface area contributed by atoms with Crippen LogP contribution in [0.1, 0.15) is 27.8 Å². The normalized spacial score (nSPS) is 11.6. The molecule has 0 bridgehead atoms. The summed E-state index contributed by atoms with van der Waals surface area (Å²) in [6.07, 6.45) is 0.347. The number of benzene rings is 3. The highest BCUT2D eigenvalue weighted by Crippen LogP contribution is 2.26. The maximum absolute atomic E-state index is 13.6. The van der Waals surface area contributed by atoms with Crippen LogP contribution in [0.5, 0.6) is 5.75 Å². The van der Waals surface area contributed by atoms with Gasteiger partial charge in [0.1, 0.15) is 11.8 Å². The predicted molar refractivity (Wildman–Crippen MR) is 141 cm³/mol. The lowest BCUT2D eigenvalue weighted by Crippen LogP contribution is -2.51. The second-order valence-corrected chi connectivity index (χ2v) is 9.41. The Balaban J connectivity index is 1.93. The molecule has 0 saturated heterocycles. The lowest BCUT2D eigenvalue weighted by Gasteiger charge is -2.31. The molecule has 0 aliphatic carbocycles. The van der Waals surface area contributed by atoms with Gasteiger partial charge in [-0.25, -0.2) is 0 Å². The Hall–Kier alpha value is -3.02. The largest absolute Gasteiger partial charge is 0.483 e. The molecule has 0 unspecified atom stereocenters. The summed E-state index contributed by atoms with van der Waals surface area (Å²) in [7, 11) is 1.56. The van der Waals surface area contributed by atoms with Crippen LogP contribution in [-0.2, 0) is 22.6 Å². The summed E-state index contributed by atoms with van der Waals surface area (Å²) in [5.41, 5.74) is 4.74. The molecular formula is C28H30Cl2N2O3. The van der Waals surface area contributed by atoms with E-state index < -0.39 is 6.04 Å². The molecular weight excluding hydrogens is 483 g/mol. The van der Waals surface area contributed by atoms with Crippen molar-refractivity contribution in [1.29, 1.82) is 0 Å². The van der Waals surface area contributed by atoms with Crippen molar-refractivity contribution in [2.24, 2.45) is 0 Å². The number of amides is 2. The second kappa shape index (κ2) is 12.1. The maximum Gasteiger partial charge on any atom is 0.261 e. The minimum Gasteiger partial charge on any atom is -0.483 e. The zero-order chi connectivity index (χ0) is 25.5. The van der Waals surface area contributed by atoms with E-state index >= 15 is 0 Å². The molecule has 2 amide bonds. The SMILES string of the molecule is CNC(=O)[C@H](Cc1ccccc1)N(Cc1ccc(Cl)cc1Cl)C(=O)COc1cc(C)cc(C)c1C. The van der Waals surface area contributed by atoms with Crippen LogP contribution in [0.3, 0.4) is 0 Å². The van der Waals surface area contributed by atoms with E-state index in [1.54, 1.807) is 25.2 Å². The summed E-state index contributed by atoms with van der Waals surface area (Å²) in [6, 6.07) is 17.9. The van der Waals surface area contributed by atoms with Crippen LogP contribution in [-0.4, -0.2) is 36.4 Å². The predicted octanol–water partition coefficient (Wildman–Crippen LogP) is 5.68. The summed E-state index contributed by atoms with van der Waals surface area (Å²) >= 11 is 12.5. The molecule has 0 spiro atoms. The van der Waals surface area contributed by atoms with Crippen molar-refractivity contribution in [3.63, 3.8) is 0 Å². The van der Waals surface area contributed by atoms with Crippen LogP contribution in [0.25, 0.3) is 0 Å². The van der Waals surface area contributed by atoms with Gasteiger partial charge in [-0.3, -0.25) is 9.59 Å². The van der Waals surface area contributed by atoms with Crippen LogP contribution in [0, 0.1) is 20.8 Å². The molecule has 0 fully saturated rings. The van der Waals surface area contributed by atoms with Gasteiger partial charge in [0.05, 0.1) is 0 Å². The number of carbonyl (C=O) groups excluding carboxylic acids is 2. The number of nitrogens with zero attached hydrogens (tertiary/aromatic N) is 1. The summed E-state index contributed by atoms with van der Waals surface area (Å²) in [6.45, 7) is 5.87. The van der Waals surface area contributed by atoms with Gasteiger partial charge < -0.3 is 15.0 Å². The van der Waals surface area contributed by atoms with E-state index in [0.717, 1.165) is 22.3 Å². The number of likely N-dealkylation sites (N-methyl/N-ethyl adjacent to an activating group) is 1. The molecule has 0 saturated carbocycles. The topological polar surface area (TPSA) is 58.6 Å². The van der Waals surface area contributed by atoms with Crippen molar-refractivity contribution in [3.8, 4) is 5.75 Å². The average molecular weight is 513 g/mol. The third-order valence-corrected chi connectivity index (χ3v) is 6.58. The number of ether oxygens (including phenoxy) is 1. The summed E-state index contributed by atoms with van der Waals surface area (Å²) < 4.78 is 5.97. The first kappa shape index (κ1) is 26.6. The third-order valence-electron chi connectivity index (χ3n) is 5.99. The standard InChI is InChI=1S/C28H30Cl2N2O3/c1-18-12-19(2)20(3)26(13-18)35-17-27(33)32(16-22-10-11-23(29)15-24(22)30)25(28(34)31-4)14-21-8-6-5-7-9-21/h5-13,15,25H,14,16-17H2,1-4H3,(H,31,34)/t25-/m0/s1. The van der Waals surface area contributed by atoms with Crippen molar-refractivity contribution < 1.29 is 14.3 Å². The zero-order valence-corrected chi connectivity index (χ0v) is 21.9. The first-order chi connectivity index (χ1) is 16.7. The van der Waals surface area contributed by atoms with Gasteiger partial charge in [-0.15, -0.1) is 0 Å². The molecule has 7 heteroatoms. The Morgan fingerprint density at radius 1 is 1.00 bits per heavy atom. The van der Waals surface area contributed by atoms with Crippen molar-refractivity contribution in [2.75, 3.05) is 13.7 Å². The summed E-state index contributed by atoms with van der Waals surface area (Å²) in [5.74, 6) is 0.0638. The molecule has 0 aliphatic rings. The van der Waals surface area contributed by atoms with Gasteiger partial charge in [0.15, 0.2) is 6.61 Å². The fourth-order valence-corrected chi connectivity index (χ4v) is 4.40. The molecule has 35 heavy (non-hydrogen) atoms. The van der Waals surface area contributed by atoms with E-state index in [1.807, 2.05) is 57.2 Å². The minimum atomic E-state index is -0.759. The van der Waals surface area contributed by atoms with E-state index in [-0.39, 0.29) is 25.0 Å². The summed E-state index contributed by atoms with van der Waals surface area (Å²) in [5, 5.41) is 3.63.